The molecule has 0 aliphatic carbocycles. The molecule has 0 aliphatic heterocycles. The maximum Gasteiger partial charge on any atom is 0.163 e. The number of methoxy groups -OCH3 is 1. The molecule has 0 fully saturated rings. The normalized spacial score (nSPS) is 12.2. The molecule has 0 aromatic heterocycles. The average molecular weight is 283 g/mol. The van der Waals surface area contributed by atoms with Crippen molar-refractivity contribution >= 4 is 11.6 Å². The van der Waals surface area contributed by atoms with Crippen LogP contribution in [0.3, 0.4) is 0 Å². The monoisotopic (exact) mass is 282 g/mol. The van der Waals surface area contributed by atoms with E-state index in [4.69, 9.17) is 16.3 Å². The molecule has 19 heavy (non-hydrogen) atoms. The second kappa shape index (κ2) is 6.02. The van der Waals surface area contributed by atoms with Gasteiger partial charge in [-0.2, -0.15) is 0 Å². The Labute approximate surface area is 115 Å². The molecule has 0 radical (unpaired) electrons. The Morgan fingerprint density at radius 1 is 1.11 bits per heavy atom. The molecule has 0 saturated carbocycles. The van der Waals surface area contributed by atoms with E-state index < -0.39 is 17.0 Å². The van der Waals surface area contributed by atoms with Gasteiger partial charge in [-0.1, -0.05) is 30.3 Å². The molecule has 0 aliphatic rings. The van der Waals surface area contributed by atoms with Gasteiger partial charge in [0, 0.05) is 5.56 Å². The smallest absolute Gasteiger partial charge is 0.163 e. The lowest BCUT2D eigenvalue weighted by atomic mass is 10.0. The van der Waals surface area contributed by atoms with Crippen LogP contribution in [-0.2, 0) is 6.42 Å². The lowest BCUT2D eigenvalue weighted by molar-refractivity contribution is 0.409. The van der Waals surface area contributed by atoms with E-state index >= 15 is 0 Å². The molecule has 2 aromatic rings. The molecule has 2 rings (SSSR count). The second-order valence-corrected chi connectivity index (χ2v) is 4.65. The first-order chi connectivity index (χ1) is 9.13. The van der Waals surface area contributed by atoms with Crippen LogP contribution in [-0.4, -0.2) is 7.11 Å². The van der Waals surface area contributed by atoms with Crippen LogP contribution in [0.15, 0.2) is 42.5 Å². The fraction of sp³-hybridized carbons (Fsp3) is 0.200. The Hall–Kier alpha value is -1.61. The van der Waals surface area contributed by atoms with Crippen molar-refractivity contribution in [2.45, 2.75) is 11.8 Å². The SMILES string of the molecule is COc1ccccc1CC(Cl)c1cccc(F)c1F. The van der Waals surface area contributed by atoms with Gasteiger partial charge in [0.05, 0.1) is 12.5 Å². The number of ether oxygens (including phenoxy) is 1. The Bertz CT molecular complexity index is 572. The van der Waals surface area contributed by atoms with Gasteiger partial charge in [0.25, 0.3) is 0 Å². The number of hydrogen-bond acceptors (Lipinski definition) is 1. The van der Waals surface area contributed by atoms with E-state index in [0.29, 0.717) is 12.2 Å². The number of hydrogen-bond donors (Lipinski definition) is 0. The van der Waals surface area contributed by atoms with E-state index in [0.717, 1.165) is 11.6 Å². The number of alkyl halides is 1. The summed E-state index contributed by atoms with van der Waals surface area (Å²) >= 11 is 6.18. The Morgan fingerprint density at radius 2 is 1.84 bits per heavy atom. The predicted octanol–water partition coefficient (Wildman–Crippen LogP) is 4.50. The number of rotatable bonds is 4. The minimum absolute atomic E-state index is 0.160. The van der Waals surface area contributed by atoms with E-state index in [9.17, 15) is 8.78 Å². The fourth-order valence-electron chi connectivity index (χ4n) is 1.94. The van der Waals surface area contributed by atoms with Gasteiger partial charge < -0.3 is 4.74 Å². The van der Waals surface area contributed by atoms with Crippen molar-refractivity contribution in [1.29, 1.82) is 0 Å². The summed E-state index contributed by atoms with van der Waals surface area (Å²) in [5, 5.41) is -0.646. The zero-order valence-electron chi connectivity index (χ0n) is 10.4. The zero-order valence-corrected chi connectivity index (χ0v) is 11.1. The maximum atomic E-state index is 13.6. The first-order valence-corrected chi connectivity index (χ1v) is 6.27. The minimum atomic E-state index is -0.891. The van der Waals surface area contributed by atoms with Crippen LogP contribution in [0.5, 0.6) is 5.75 Å². The molecule has 0 heterocycles. The molecule has 0 spiro atoms. The van der Waals surface area contributed by atoms with Crippen LogP contribution >= 0.6 is 11.6 Å². The van der Waals surface area contributed by atoms with Gasteiger partial charge in [-0.3, -0.25) is 0 Å². The van der Waals surface area contributed by atoms with E-state index in [1.165, 1.54) is 12.1 Å². The summed E-state index contributed by atoms with van der Waals surface area (Å²) in [5.74, 6) is -1.09. The van der Waals surface area contributed by atoms with Gasteiger partial charge in [-0.05, 0) is 24.1 Å². The molecule has 2 aromatic carbocycles. The first kappa shape index (κ1) is 13.8. The molecule has 1 nitrogen and oxygen atoms in total. The van der Waals surface area contributed by atoms with Crippen molar-refractivity contribution in [2.75, 3.05) is 7.11 Å². The molecule has 0 amide bonds. The van der Waals surface area contributed by atoms with Crippen LogP contribution in [0.1, 0.15) is 16.5 Å². The van der Waals surface area contributed by atoms with Crippen LogP contribution in [0.25, 0.3) is 0 Å². The third kappa shape index (κ3) is 3.04. The first-order valence-electron chi connectivity index (χ1n) is 5.83. The number of para-hydroxylation sites is 1. The fourth-order valence-corrected chi connectivity index (χ4v) is 2.27. The highest BCUT2D eigenvalue weighted by Gasteiger charge is 2.17. The van der Waals surface area contributed by atoms with Gasteiger partial charge in [0.2, 0.25) is 0 Å². The van der Waals surface area contributed by atoms with Gasteiger partial charge in [-0.15, -0.1) is 11.6 Å². The topological polar surface area (TPSA) is 9.23 Å². The molecule has 0 bridgehead atoms. The van der Waals surface area contributed by atoms with E-state index in [-0.39, 0.29) is 5.56 Å². The summed E-state index contributed by atoms with van der Waals surface area (Å²) in [6.07, 6.45) is 0.367. The summed E-state index contributed by atoms with van der Waals surface area (Å²) in [5.41, 5.74) is 1.02. The van der Waals surface area contributed by atoms with Crippen molar-refractivity contribution in [2.24, 2.45) is 0 Å². The van der Waals surface area contributed by atoms with Gasteiger partial charge in [0.1, 0.15) is 5.75 Å². The summed E-state index contributed by atoms with van der Waals surface area (Å²) < 4.78 is 32.0. The quantitative estimate of drug-likeness (QED) is 0.751. The highest BCUT2D eigenvalue weighted by molar-refractivity contribution is 6.21. The molecule has 1 atom stereocenters. The van der Waals surface area contributed by atoms with Crippen molar-refractivity contribution in [1.82, 2.24) is 0 Å². The third-order valence-corrected chi connectivity index (χ3v) is 3.30. The molecule has 0 saturated heterocycles. The molecular formula is C15H13ClF2O. The Kier molecular flexibility index (Phi) is 4.38. The molecule has 0 N–H and O–H groups in total. The van der Waals surface area contributed by atoms with Gasteiger partial charge >= 0.3 is 0 Å². The predicted molar refractivity (Wildman–Crippen MR) is 71.7 cm³/mol. The van der Waals surface area contributed by atoms with E-state index in [1.54, 1.807) is 13.2 Å². The second-order valence-electron chi connectivity index (χ2n) is 4.13. The van der Waals surface area contributed by atoms with Crippen LogP contribution in [0.4, 0.5) is 8.78 Å². The molecule has 4 heteroatoms. The minimum Gasteiger partial charge on any atom is -0.496 e. The highest BCUT2D eigenvalue weighted by Crippen LogP contribution is 2.31. The van der Waals surface area contributed by atoms with Crippen LogP contribution < -0.4 is 4.74 Å². The standard InChI is InChI=1S/C15H13ClF2O/c1-19-14-8-3-2-5-10(14)9-12(16)11-6-4-7-13(17)15(11)18/h2-8,12H,9H2,1H3. The number of halogens is 3. The summed E-state index contributed by atoms with van der Waals surface area (Å²) in [4.78, 5) is 0. The maximum absolute atomic E-state index is 13.6. The lowest BCUT2D eigenvalue weighted by Gasteiger charge is -2.13. The van der Waals surface area contributed by atoms with Crippen LogP contribution in [0.2, 0.25) is 0 Å². The van der Waals surface area contributed by atoms with E-state index in [2.05, 4.69) is 0 Å². The number of benzene rings is 2. The lowest BCUT2D eigenvalue weighted by Crippen LogP contribution is -2.02. The van der Waals surface area contributed by atoms with Crippen molar-refractivity contribution in [3.63, 3.8) is 0 Å². The van der Waals surface area contributed by atoms with Crippen molar-refractivity contribution in [3.05, 3.63) is 65.2 Å². The summed E-state index contributed by atoms with van der Waals surface area (Å²) in [6, 6.07) is 11.4. The average Bonchev–Trinajstić information content (AvgIpc) is 2.42. The molecular weight excluding hydrogens is 270 g/mol. The van der Waals surface area contributed by atoms with Crippen molar-refractivity contribution < 1.29 is 13.5 Å². The Balaban J connectivity index is 2.26. The van der Waals surface area contributed by atoms with E-state index in [1.807, 2.05) is 18.2 Å². The highest BCUT2D eigenvalue weighted by atomic mass is 35.5. The Morgan fingerprint density at radius 3 is 2.58 bits per heavy atom. The van der Waals surface area contributed by atoms with Gasteiger partial charge in [-0.25, -0.2) is 8.78 Å². The zero-order chi connectivity index (χ0) is 13.8. The third-order valence-electron chi connectivity index (χ3n) is 2.91. The largest absolute Gasteiger partial charge is 0.496 e. The molecule has 100 valence electrons. The van der Waals surface area contributed by atoms with Gasteiger partial charge in [0.15, 0.2) is 11.6 Å². The van der Waals surface area contributed by atoms with Crippen molar-refractivity contribution in [3.8, 4) is 5.75 Å². The summed E-state index contributed by atoms with van der Waals surface area (Å²) in [7, 11) is 1.56. The van der Waals surface area contributed by atoms with Crippen LogP contribution in [0, 0.1) is 11.6 Å². The molecule has 1 unspecified atom stereocenters. The summed E-state index contributed by atoms with van der Waals surface area (Å²) in [6.45, 7) is 0.